The number of hydrogen-bond acceptors (Lipinski definition) is 4. The maximum Gasteiger partial charge on any atom is 0.262 e. The van der Waals surface area contributed by atoms with Crippen LogP contribution >= 0.6 is 0 Å². The van der Waals surface area contributed by atoms with E-state index in [9.17, 15) is 4.79 Å². The minimum Gasteiger partial charge on any atom is -0.298 e. The number of hydrogen-bond donors (Lipinski definition) is 0. The van der Waals surface area contributed by atoms with E-state index < -0.39 is 0 Å². The van der Waals surface area contributed by atoms with Crippen LogP contribution in [0.3, 0.4) is 0 Å². The number of nitrogens with zero attached hydrogens (tertiary/aromatic N) is 4. The highest BCUT2D eigenvalue weighted by molar-refractivity contribution is 5.72. The van der Waals surface area contributed by atoms with Crippen LogP contribution in [-0.2, 0) is 6.54 Å². The number of rotatable bonds is 2. The minimum absolute atomic E-state index is 0.150. The molecule has 0 bridgehead atoms. The number of nitriles is 1. The van der Waals surface area contributed by atoms with Crippen LogP contribution in [0.5, 0.6) is 0 Å². The molecule has 0 saturated heterocycles. The Morgan fingerprint density at radius 1 is 1.47 bits per heavy atom. The summed E-state index contributed by atoms with van der Waals surface area (Å²) in [6.07, 6.45) is 3.32. The summed E-state index contributed by atoms with van der Waals surface area (Å²) in [4.78, 5) is 19.8. The lowest BCUT2D eigenvalue weighted by molar-refractivity contribution is 0.677. The van der Waals surface area contributed by atoms with Crippen molar-refractivity contribution < 1.29 is 0 Å². The van der Waals surface area contributed by atoms with Crippen LogP contribution in [0.4, 0.5) is 0 Å². The Morgan fingerprint density at radius 2 is 2.33 bits per heavy atom. The van der Waals surface area contributed by atoms with Crippen LogP contribution in [0.2, 0.25) is 0 Å². The smallest absolute Gasteiger partial charge is 0.262 e. The van der Waals surface area contributed by atoms with E-state index in [-0.39, 0.29) is 5.56 Å². The maximum atomic E-state index is 11.8. The summed E-state index contributed by atoms with van der Waals surface area (Å²) in [5, 5.41) is 8.92. The Kier molecular flexibility index (Phi) is 2.42. The van der Waals surface area contributed by atoms with Gasteiger partial charge in [0.25, 0.3) is 5.56 Å². The molecule has 0 spiro atoms. The van der Waals surface area contributed by atoms with Crippen molar-refractivity contribution in [1.82, 2.24) is 14.5 Å². The van der Waals surface area contributed by atoms with Gasteiger partial charge in [0.15, 0.2) is 5.65 Å². The molecule has 0 saturated carbocycles. The van der Waals surface area contributed by atoms with Gasteiger partial charge < -0.3 is 0 Å². The van der Waals surface area contributed by atoms with Crippen molar-refractivity contribution >= 4 is 11.0 Å². The fourth-order valence-corrected chi connectivity index (χ4v) is 1.33. The maximum absolute atomic E-state index is 11.8. The largest absolute Gasteiger partial charge is 0.298 e. The standard InChI is InChI=1S/C10H8N4O/c11-4-2-6-14-7-13-9-8(10(14)15)3-1-5-12-9/h1,3,5,7H,2,6H2. The van der Waals surface area contributed by atoms with Gasteiger partial charge in [0.2, 0.25) is 0 Å². The number of aromatic nitrogens is 3. The minimum atomic E-state index is -0.150. The summed E-state index contributed by atoms with van der Waals surface area (Å²) in [6, 6.07) is 5.36. The van der Waals surface area contributed by atoms with Crippen molar-refractivity contribution in [1.29, 1.82) is 5.26 Å². The normalized spacial score (nSPS) is 10.1. The van der Waals surface area contributed by atoms with E-state index in [1.54, 1.807) is 18.3 Å². The van der Waals surface area contributed by atoms with E-state index >= 15 is 0 Å². The molecule has 2 aromatic rings. The fourth-order valence-electron chi connectivity index (χ4n) is 1.33. The predicted molar refractivity (Wildman–Crippen MR) is 54.0 cm³/mol. The molecule has 0 amide bonds. The molecule has 0 radical (unpaired) electrons. The van der Waals surface area contributed by atoms with E-state index in [1.807, 2.05) is 6.07 Å². The van der Waals surface area contributed by atoms with E-state index in [0.717, 1.165) is 0 Å². The molecule has 0 fully saturated rings. The summed E-state index contributed by atoms with van der Waals surface area (Å²) >= 11 is 0. The molecular weight excluding hydrogens is 192 g/mol. The van der Waals surface area contributed by atoms with Gasteiger partial charge in [-0.3, -0.25) is 9.36 Å². The van der Waals surface area contributed by atoms with Crippen molar-refractivity contribution in [3.8, 4) is 6.07 Å². The number of pyridine rings is 1. The summed E-state index contributed by atoms with van der Waals surface area (Å²) in [6.45, 7) is 0.368. The lowest BCUT2D eigenvalue weighted by Gasteiger charge is -2.02. The average molecular weight is 200 g/mol. The monoisotopic (exact) mass is 200 g/mol. The van der Waals surface area contributed by atoms with Gasteiger partial charge in [-0.25, -0.2) is 9.97 Å². The third-order valence-electron chi connectivity index (χ3n) is 2.06. The molecule has 0 aliphatic rings. The molecule has 2 rings (SSSR count). The van der Waals surface area contributed by atoms with Gasteiger partial charge in [0.05, 0.1) is 17.9 Å². The van der Waals surface area contributed by atoms with E-state index in [2.05, 4.69) is 9.97 Å². The van der Waals surface area contributed by atoms with E-state index in [1.165, 1.54) is 10.9 Å². The Labute approximate surface area is 85.6 Å². The average Bonchev–Trinajstić information content (AvgIpc) is 2.29. The van der Waals surface area contributed by atoms with Gasteiger partial charge in [-0.05, 0) is 12.1 Å². The first-order valence-corrected chi connectivity index (χ1v) is 4.50. The summed E-state index contributed by atoms with van der Waals surface area (Å²) in [7, 11) is 0. The molecule has 0 aliphatic carbocycles. The first-order chi connectivity index (χ1) is 7.33. The van der Waals surface area contributed by atoms with Crippen LogP contribution in [-0.4, -0.2) is 14.5 Å². The van der Waals surface area contributed by atoms with Crippen LogP contribution in [0.25, 0.3) is 11.0 Å². The molecule has 74 valence electrons. The lowest BCUT2D eigenvalue weighted by Crippen LogP contribution is -2.20. The second kappa shape index (κ2) is 3.88. The van der Waals surface area contributed by atoms with Crippen LogP contribution in [0.1, 0.15) is 6.42 Å². The molecule has 0 aromatic carbocycles. The zero-order valence-corrected chi connectivity index (χ0v) is 7.92. The SMILES string of the molecule is N#CCCn1cnc2ncccc2c1=O. The quantitative estimate of drug-likeness (QED) is 0.715. The fraction of sp³-hybridized carbons (Fsp3) is 0.200. The van der Waals surface area contributed by atoms with Crippen molar-refractivity contribution in [3.63, 3.8) is 0 Å². The highest BCUT2D eigenvalue weighted by atomic mass is 16.1. The Balaban J connectivity index is 2.57. The van der Waals surface area contributed by atoms with Gasteiger partial charge in [-0.1, -0.05) is 0 Å². The van der Waals surface area contributed by atoms with Gasteiger partial charge in [-0.2, -0.15) is 5.26 Å². The molecular formula is C10H8N4O. The van der Waals surface area contributed by atoms with Crippen molar-refractivity contribution in [2.45, 2.75) is 13.0 Å². The van der Waals surface area contributed by atoms with Gasteiger partial charge >= 0.3 is 0 Å². The Morgan fingerprint density at radius 3 is 3.13 bits per heavy atom. The van der Waals surface area contributed by atoms with Crippen LogP contribution in [0.15, 0.2) is 29.5 Å². The number of aryl methyl sites for hydroxylation is 1. The first-order valence-electron chi connectivity index (χ1n) is 4.50. The lowest BCUT2D eigenvalue weighted by atomic mass is 10.3. The molecule has 5 heteroatoms. The van der Waals surface area contributed by atoms with Crippen LogP contribution < -0.4 is 5.56 Å². The van der Waals surface area contributed by atoms with Crippen LogP contribution in [0, 0.1) is 11.3 Å². The second-order valence-corrected chi connectivity index (χ2v) is 3.03. The molecule has 0 unspecified atom stereocenters. The molecule has 0 atom stereocenters. The van der Waals surface area contributed by atoms with E-state index in [0.29, 0.717) is 24.0 Å². The van der Waals surface area contributed by atoms with Gasteiger partial charge in [-0.15, -0.1) is 0 Å². The third kappa shape index (κ3) is 1.70. The zero-order chi connectivity index (χ0) is 10.7. The second-order valence-electron chi connectivity index (χ2n) is 3.03. The zero-order valence-electron chi connectivity index (χ0n) is 7.92. The summed E-state index contributed by atoms with van der Waals surface area (Å²) in [5.74, 6) is 0. The molecule has 0 N–H and O–H groups in total. The number of fused-ring (bicyclic) bond motifs is 1. The first kappa shape index (κ1) is 9.34. The van der Waals surface area contributed by atoms with E-state index in [4.69, 9.17) is 5.26 Å². The van der Waals surface area contributed by atoms with Crippen molar-refractivity contribution in [2.75, 3.05) is 0 Å². The van der Waals surface area contributed by atoms with Gasteiger partial charge in [0, 0.05) is 12.7 Å². The molecule has 5 nitrogen and oxygen atoms in total. The Bertz CT molecular complexity index is 582. The van der Waals surface area contributed by atoms with Crippen molar-refractivity contribution in [3.05, 3.63) is 35.0 Å². The van der Waals surface area contributed by atoms with Crippen molar-refractivity contribution in [2.24, 2.45) is 0 Å². The molecule has 0 aliphatic heterocycles. The summed E-state index contributed by atoms with van der Waals surface area (Å²) < 4.78 is 1.42. The Hall–Kier alpha value is -2.22. The summed E-state index contributed by atoms with van der Waals surface area (Å²) in [5.41, 5.74) is 0.291. The highest BCUT2D eigenvalue weighted by Gasteiger charge is 2.02. The molecule has 15 heavy (non-hydrogen) atoms. The van der Waals surface area contributed by atoms with Gasteiger partial charge in [0.1, 0.15) is 6.33 Å². The topological polar surface area (TPSA) is 71.6 Å². The highest BCUT2D eigenvalue weighted by Crippen LogP contribution is 2.00. The molecule has 2 aromatic heterocycles. The third-order valence-corrected chi connectivity index (χ3v) is 2.06. The predicted octanol–water partition coefficient (Wildman–Crippen LogP) is 0.705. The molecule has 2 heterocycles.